The SMILES string of the molecule is C=C(NC(=O)C(=C)N1Cc2c(cccc2-c2ccc3nn(C)cc3c2)C1=O)C(=O)N(C)CC. The standard InChI is InChI=1S/C25H25N5O3/c1-6-28(4)24(32)15(2)26-23(31)16(3)30-14-21-19(8-7-9-20(21)25(30)33)17-10-11-22-18(12-17)13-29(5)27-22/h7-13H,2-3,6,14H2,1,4-5H3,(H,26,31). The molecule has 0 spiro atoms. The number of hydrogen-bond acceptors (Lipinski definition) is 4. The van der Waals surface area contributed by atoms with E-state index in [-0.39, 0.29) is 23.8 Å². The molecule has 2 heterocycles. The normalized spacial score (nSPS) is 12.6. The van der Waals surface area contributed by atoms with Gasteiger partial charge in [0, 0.05) is 37.8 Å². The Kier molecular flexibility index (Phi) is 5.59. The van der Waals surface area contributed by atoms with Gasteiger partial charge in [-0.05, 0) is 41.8 Å². The van der Waals surface area contributed by atoms with Crippen molar-refractivity contribution in [3.63, 3.8) is 0 Å². The number of amides is 3. The first-order valence-corrected chi connectivity index (χ1v) is 10.5. The molecule has 8 nitrogen and oxygen atoms in total. The summed E-state index contributed by atoms with van der Waals surface area (Å²) in [6.07, 6.45) is 1.94. The average molecular weight is 444 g/mol. The van der Waals surface area contributed by atoms with Crippen LogP contribution in [-0.4, -0.2) is 50.9 Å². The number of aryl methyl sites for hydroxylation is 1. The van der Waals surface area contributed by atoms with Crippen LogP contribution in [0.25, 0.3) is 22.0 Å². The first-order chi connectivity index (χ1) is 15.7. The van der Waals surface area contributed by atoms with E-state index in [0.29, 0.717) is 12.1 Å². The minimum Gasteiger partial charge on any atom is -0.341 e. The molecule has 3 amide bonds. The van der Waals surface area contributed by atoms with Gasteiger partial charge < -0.3 is 10.2 Å². The topological polar surface area (TPSA) is 87.5 Å². The highest BCUT2D eigenvalue weighted by atomic mass is 16.2. The van der Waals surface area contributed by atoms with Crippen LogP contribution in [-0.2, 0) is 23.2 Å². The summed E-state index contributed by atoms with van der Waals surface area (Å²) in [6.45, 7) is 9.94. The van der Waals surface area contributed by atoms with Crippen molar-refractivity contribution < 1.29 is 14.4 Å². The van der Waals surface area contributed by atoms with Gasteiger partial charge in [0.15, 0.2) is 0 Å². The summed E-state index contributed by atoms with van der Waals surface area (Å²) in [6, 6.07) is 11.5. The van der Waals surface area contributed by atoms with Crippen LogP contribution in [0.4, 0.5) is 0 Å². The number of nitrogens with one attached hydrogen (secondary N) is 1. The number of carbonyl (C=O) groups excluding carboxylic acids is 3. The van der Waals surface area contributed by atoms with Gasteiger partial charge in [0.25, 0.3) is 17.7 Å². The lowest BCUT2D eigenvalue weighted by molar-refractivity contribution is -0.128. The number of benzene rings is 2. The molecule has 0 bridgehead atoms. The molecule has 1 aliphatic heterocycles. The van der Waals surface area contributed by atoms with Crippen molar-refractivity contribution in [2.24, 2.45) is 7.05 Å². The predicted molar refractivity (Wildman–Crippen MR) is 126 cm³/mol. The van der Waals surface area contributed by atoms with Crippen LogP contribution in [0.2, 0.25) is 0 Å². The molecule has 2 aromatic carbocycles. The number of nitrogens with zero attached hydrogens (tertiary/aromatic N) is 4. The summed E-state index contributed by atoms with van der Waals surface area (Å²) >= 11 is 0. The fourth-order valence-electron chi connectivity index (χ4n) is 3.90. The molecule has 1 aliphatic rings. The van der Waals surface area contributed by atoms with Crippen LogP contribution in [0.5, 0.6) is 0 Å². The second-order valence-electron chi connectivity index (χ2n) is 8.00. The Balaban J connectivity index is 1.58. The second kappa shape index (κ2) is 8.38. The maximum absolute atomic E-state index is 13.1. The summed E-state index contributed by atoms with van der Waals surface area (Å²) < 4.78 is 1.76. The molecule has 8 heteroatoms. The second-order valence-corrected chi connectivity index (χ2v) is 8.00. The van der Waals surface area contributed by atoms with E-state index in [1.165, 1.54) is 9.80 Å². The molecule has 0 fully saturated rings. The molecule has 1 N–H and O–H groups in total. The van der Waals surface area contributed by atoms with E-state index in [0.717, 1.165) is 27.6 Å². The van der Waals surface area contributed by atoms with Gasteiger partial charge in [-0.2, -0.15) is 5.10 Å². The molecule has 0 aliphatic carbocycles. The quantitative estimate of drug-likeness (QED) is 0.594. The van der Waals surface area contributed by atoms with E-state index in [1.54, 1.807) is 17.8 Å². The summed E-state index contributed by atoms with van der Waals surface area (Å²) in [5.74, 6) is -1.35. The van der Waals surface area contributed by atoms with Crippen LogP contribution >= 0.6 is 0 Å². The van der Waals surface area contributed by atoms with E-state index < -0.39 is 11.8 Å². The summed E-state index contributed by atoms with van der Waals surface area (Å²) in [4.78, 5) is 40.7. The van der Waals surface area contributed by atoms with Crippen LogP contribution in [0.1, 0.15) is 22.8 Å². The third kappa shape index (κ3) is 3.91. The van der Waals surface area contributed by atoms with Crippen LogP contribution in [0.15, 0.2) is 67.1 Å². The Morgan fingerprint density at radius 3 is 2.64 bits per heavy atom. The van der Waals surface area contributed by atoms with Crippen molar-refractivity contribution in [1.82, 2.24) is 24.9 Å². The minimum atomic E-state index is -0.641. The predicted octanol–water partition coefficient (Wildman–Crippen LogP) is 2.82. The molecule has 0 atom stereocenters. The fourth-order valence-corrected chi connectivity index (χ4v) is 3.90. The number of fused-ring (bicyclic) bond motifs is 2. The molecule has 0 radical (unpaired) electrons. The Hall–Kier alpha value is -4.20. The van der Waals surface area contributed by atoms with E-state index in [2.05, 4.69) is 23.6 Å². The van der Waals surface area contributed by atoms with E-state index in [4.69, 9.17) is 0 Å². The van der Waals surface area contributed by atoms with Crippen LogP contribution in [0.3, 0.4) is 0 Å². The molecule has 168 valence electrons. The lowest BCUT2D eigenvalue weighted by Gasteiger charge is -2.20. The molecule has 4 rings (SSSR count). The average Bonchev–Trinajstić information content (AvgIpc) is 3.35. The van der Waals surface area contributed by atoms with Crippen molar-refractivity contribution in [1.29, 1.82) is 0 Å². The molecular weight excluding hydrogens is 418 g/mol. The maximum atomic E-state index is 13.1. The van der Waals surface area contributed by atoms with Crippen molar-refractivity contribution >= 4 is 28.6 Å². The Labute approximate surface area is 191 Å². The summed E-state index contributed by atoms with van der Waals surface area (Å²) in [5, 5.41) is 7.86. The molecule has 3 aromatic rings. The summed E-state index contributed by atoms with van der Waals surface area (Å²) in [5.41, 5.74) is 3.98. The maximum Gasteiger partial charge on any atom is 0.271 e. The zero-order valence-electron chi connectivity index (χ0n) is 18.9. The van der Waals surface area contributed by atoms with E-state index in [9.17, 15) is 14.4 Å². The third-order valence-corrected chi connectivity index (χ3v) is 5.83. The molecule has 0 saturated heterocycles. The third-order valence-electron chi connectivity index (χ3n) is 5.83. The van der Waals surface area contributed by atoms with Crippen LogP contribution < -0.4 is 5.32 Å². The lowest BCUT2D eigenvalue weighted by atomic mass is 9.96. The van der Waals surface area contributed by atoms with Gasteiger partial charge in [-0.15, -0.1) is 0 Å². The highest BCUT2D eigenvalue weighted by Crippen LogP contribution is 2.35. The number of carbonyl (C=O) groups is 3. The van der Waals surface area contributed by atoms with Gasteiger partial charge >= 0.3 is 0 Å². The zero-order chi connectivity index (χ0) is 23.9. The van der Waals surface area contributed by atoms with Gasteiger partial charge in [0.2, 0.25) is 0 Å². The molecule has 0 saturated carbocycles. The zero-order valence-corrected chi connectivity index (χ0v) is 18.9. The Morgan fingerprint density at radius 2 is 1.91 bits per heavy atom. The Bertz CT molecular complexity index is 1340. The van der Waals surface area contributed by atoms with E-state index >= 15 is 0 Å². The highest BCUT2D eigenvalue weighted by Gasteiger charge is 2.33. The summed E-state index contributed by atoms with van der Waals surface area (Å²) in [7, 11) is 3.48. The van der Waals surface area contributed by atoms with Crippen LogP contribution in [0, 0.1) is 0 Å². The van der Waals surface area contributed by atoms with Gasteiger partial charge in [0.05, 0.1) is 17.8 Å². The number of likely N-dealkylation sites (N-methyl/N-ethyl adjacent to an activating group) is 1. The van der Waals surface area contributed by atoms with Gasteiger partial charge in [-0.3, -0.25) is 24.0 Å². The fraction of sp³-hybridized carbons (Fsp3) is 0.200. The first-order valence-electron chi connectivity index (χ1n) is 10.5. The van der Waals surface area contributed by atoms with Crippen molar-refractivity contribution in [3.05, 3.63) is 78.3 Å². The largest absolute Gasteiger partial charge is 0.341 e. The minimum absolute atomic E-state index is 0.0436. The molecular formula is C25H25N5O3. The molecule has 1 aromatic heterocycles. The molecule has 33 heavy (non-hydrogen) atoms. The van der Waals surface area contributed by atoms with Crippen molar-refractivity contribution in [2.75, 3.05) is 13.6 Å². The molecule has 0 unspecified atom stereocenters. The first kappa shape index (κ1) is 22.0. The monoisotopic (exact) mass is 443 g/mol. The lowest BCUT2D eigenvalue weighted by Crippen LogP contribution is -2.39. The van der Waals surface area contributed by atoms with Gasteiger partial charge in [-0.1, -0.05) is 31.4 Å². The van der Waals surface area contributed by atoms with E-state index in [1.807, 2.05) is 50.5 Å². The van der Waals surface area contributed by atoms with Crippen molar-refractivity contribution in [2.45, 2.75) is 13.5 Å². The highest BCUT2D eigenvalue weighted by molar-refractivity contribution is 6.08. The number of rotatable bonds is 6. The van der Waals surface area contributed by atoms with Crippen molar-refractivity contribution in [3.8, 4) is 11.1 Å². The van der Waals surface area contributed by atoms with Gasteiger partial charge in [-0.25, -0.2) is 0 Å². The Morgan fingerprint density at radius 1 is 1.18 bits per heavy atom. The number of hydrogen-bond donors (Lipinski definition) is 1. The number of aromatic nitrogens is 2. The van der Waals surface area contributed by atoms with Gasteiger partial charge in [0.1, 0.15) is 5.70 Å². The smallest absolute Gasteiger partial charge is 0.271 e.